The van der Waals surface area contributed by atoms with Gasteiger partial charge < -0.3 is 4.74 Å². The largest absolute Gasteiger partial charge is 0.489 e. The van der Waals surface area contributed by atoms with E-state index >= 15 is 0 Å². The second kappa shape index (κ2) is 9.52. The lowest BCUT2D eigenvalue weighted by Gasteiger charge is -2.21. The van der Waals surface area contributed by atoms with Gasteiger partial charge in [-0.1, -0.05) is 70.2 Å². The molecule has 0 N–H and O–H groups in total. The lowest BCUT2D eigenvalue weighted by molar-refractivity contribution is 0.306. The van der Waals surface area contributed by atoms with Crippen LogP contribution < -0.4 is 4.74 Å². The first-order chi connectivity index (χ1) is 11.5. The van der Waals surface area contributed by atoms with Crippen LogP contribution in [-0.4, -0.2) is 0 Å². The Morgan fingerprint density at radius 1 is 0.708 bits per heavy atom. The molecule has 0 saturated heterocycles. The molecule has 130 valence electrons. The number of benzene rings is 2. The van der Waals surface area contributed by atoms with Crippen molar-refractivity contribution in [3.8, 4) is 5.75 Å². The van der Waals surface area contributed by atoms with E-state index in [1.165, 1.54) is 30.4 Å². The standard InChI is InChI=1S/C23H32O/c1-18(2)14-22(15-19(3)4)16-20-10-12-23(13-11-20)24-17-21-8-6-5-7-9-21/h5-13,18-19,22H,14-17H2,1-4H3. The second-order valence-electron chi connectivity index (χ2n) is 7.75. The molecule has 0 fully saturated rings. The van der Waals surface area contributed by atoms with Gasteiger partial charge in [0.15, 0.2) is 0 Å². The molecule has 0 bridgehead atoms. The highest BCUT2D eigenvalue weighted by Crippen LogP contribution is 2.25. The van der Waals surface area contributed by atoms with Crippen LogP contribution in [0.1, 0.15) is 51.7 Å². The highest BCUT2D eigenvalue weighted by molar-refractivity contribution is 5.28. The van der Waals surface area contributed by atoms with Gasteiger partial charge in [0.25, 0.3) is 0 Å². The Morgan fingerprint density at radius 2 is 1.29 bits per heavy atom. The third-order valence-electron chi connectivity index (χ3n) is 4.31. The van der Waals surface area contributed by atoms with Crippen LogP contribution in [0.25, 0.3) is 0 Å². The second-order valence-corrected chi connectivity index (χ2v) is 7.75. The molecule has 0 saturated carbocycles. The van der Waals surface area contributed by atoms with Gasteiger partial charge in [-0.25, -0.2) is 0 Å². The van der Waals surface area contributed by atoms with Gasteiger partial charge in [0.2, 0.25) is 0 Å². The lowest BCUT2D eigenvalue weighted by atomic mass is 9.85. The van der Waals surface area contributed by atoms with Gasteiger partial charge in [-0.15, -0.1) is 0 Å². The fourth-order valence-corrected chi connectivity index (χ4v) is 3.39. The molecule has 0 aromatic heterocycles. The lowest BCUT2D eigenvalue weighted by Crippen LogP contribution is -2.11. The minimum absolute atomic E-state index is 0.628. The summed E-state index contributed by atoms with van der Waals surface area (Å²) < 4.78 is 5.88. The van der Waals surface area contributed by atoms with Crippen LogP contribution in [0.3, 0.4) is 0 Å². The van der Waals surface area contributed by atoms with Crippen molar-refractivity contribution in [3.63, 3.8) is 0 Å². The highest BCUT2D eigenvalue weighted by Gasteiger charge is 2.13. The zero-order valence-corrected chi connectivity index (χ0v) is 15.7. The fraction of sp³-hybridized carbons (Fsp3) is 0.478. The maximum atomic E-state index is 5.88. The Hall–Kier alpha value is -1.76. The molecule has 1 nitrogen and oxygen atoms in total. The minimum atomic E-state index is 0.628. The molecule has 0 aliphatic rings. The summed E-state index contributed by atoms with van der Waals surface area (Å²) in [6.45, 7) is 9.94. The summed E-state index contributed by atoms with van der Waals surface area (Å²) in [5.74, 6) is 3.26. The van der Waals surface area contributed by atoms with Crippen molar-refractivity contribution < 1.29 is 4.74 Å². The van der Waals surface area contributed by atoms with Gasteiger partial charge in [-0.2, -0.15) is 0 Å². The number of hydrogen-bond donors (Lipinski definition) is 0. The molecular weight excluding hydrogens is 292 g/mol. The van der Waals surface area contributed by atoms with E-state index < -0.39 is 0 Å². The Bertz CT molecular complexity index is 559. The zero-order valence-electron chi connectivity index (χ0n) is 15.7. The van der Waals surface area contributed by atoms with Crippen molar-refractivity contribution in [2.45, 2.75) is 53.6 Å². The van der Waals surface area contributed by atoms with Crippen LogP contribution >= 0.6 is 0 Å². The maximum Gasteiger partial charge on any atom is 0.119 e. The van der Waals surface area contributed by atoms with E-state index in [1.54, 1.807) is 0 Å². The molecule has 2 rings (SSSR count). The third kappa shape index (κ3) is 6.78. The van der Waals surface area contributed by atoms with Crippen LogP contribution in [0, 0.1) is 17.8 Å². The van der Waals surface area contributed by atoms with E-state index in [0.29, 0.717) is 6.61 Å². The summed E-state index contributed by atoms with van der Waals surface area (Å²) >= 11 is 0. The first-order valence-corrected chi connectivity index (χ1v) is 9.28. The van der Waals surface area contributed by atoms with Gasteiger partial charge >= 0.3 is 0 Å². The molecule has 1 heteroatoms. The molecule has 24 heavy (non-hydrogen) atoms. The van der Waals surface area contributed by atoms with Crippen molar-refractivity contribution >= 4 is 0 Å². The molecule has 0 amide bonds. The molecule has 0 radical (unpaired) electrons. The van der Waals surface area contributed by atoms with Gasteiger partial charge in [0, 0.05) is 0 Å². The van der Waals surface area contributed by atoms with Crippen LogP contribution in [0.4, 0.5) is 0 Å². The molecule has 0 spiro atoms. The van der Waals surface area contributed by atoms with Gasteiger partial charge in [0.05, 0.1) is 0 Å². The van der Waals surface area contributed by atoms with Crippen molar-refractivity contribution in [2.75, 3.05) is 0 Å². The molecular formula is C23H32O. The number of rotatable bonds is 9. The number of ether oxygens (including phenoxy) is 1. The van der Waals surface area contributed by atoms with E-state index in [9.17, 15) is 0 Å². The van der Waals surface area contributed by atoms with Crippen LogP contribution in [0.2, 0.25) is 0 Å². The highest BCUT2D eigenvalue weighted by atomic mass is 16.5. The van der Waals surface area contributed by atoms with Crippen LogP contribution in [0.15, 0.2) is 54.6 Å². The van der Waals surface area contributed by atoms with Crippen molar-refractivity contribution in [1.29, 1.82) is 0 Å². The van der Waals surface area contributed by atoms with Gasteiger partial charge in [-0.05, 0) is 60.3 Å². The Labute approximate surface area is 148 Å². The summed E-state index contributed by atoms with van der Waals surface area (Å²) in [4.78, 5) is 0. The SMILES string of the molecule is CC(C)CC(Cc1ccc(OCc2ccccc2)cc1)CC(C)C. The summed E-state index contributed by atoms with van der Waals surface area (Å²) in [6.07, 6.45) is 3.80. The molecule has 2 aromatic carbocycles. The molecule has 0 aliphatic heterocycles. The Balaban J connectivity index is 1.90. The minimum Gasteiger partial charge on any atom is -0.489 e. The summed E-state index contributed by atoms with van der Waals surface area (Å²) in [7, 11) is 0. The average molecular weight is 325 g/mol. The van der Waals surface area contributed by atoms with Gasteiger partial charge in [0.1, 0.15) is 12.4 Å². The monoisotopic (exact) mass is 324 g/mol. The van der Waals surface area contributed by atoms with Crippen molar-refractivity contribution in [1.82, 2.24) is 0 Å². The van der Waals surface area contributed by atoms with Crippen LogP contribution in [-0.2, 0) is 13.0 Å². The Morgan fingerprint density at radius 3 is 1.83 bits per heavy atom. The van der Waals surface area contributed by atoms with E-state index in [4.69, 9.17) is 4.74 Å². The quantitative estimate of drug-likeness (QED) is 0.510. The maximum absolute atomic E-state index is 5.88. The average Bonchev–Trinajstić information content (AvgIpc) is 2.54. The first-order valence-electron chi connectivity index (χ1n) is 9.28. The zero-order chi connectivity index (χ0) is 17.4. The summed E-state index contributed by atoms with van der Waals surface area (Å²) in [5.41, 5.74) is 2.63. The molecule has 0 atom stereocenters. The van der Waals surface area contributed by atoms with E-state index in [1.807, 2.05) is 18.2 Å². The van der Waals surface area contributed by atoms with Crippen molar-refractivity contribution in [2.24, 2.45) is 17.8 Å². The summed E-state index contributed by atoms with van der Waals surface area (Å²) in [6, 6.07) is 19.0. The predicted octanol–water partition coefficient (Wildman–Crippen LogP) is 6.52. The van der Waals surface area contributed by atoms with E-state index in [-0.39, 0.29) is 0 Å². The fourth-order valence-electron chi connectivity index (χ4n) is 3.39. The topological polar surface area (TPSA) is 9.23 Å². The van der Waals surface area contributed by atoms with E-state index in [0.717, 1.165) is 23.5 Å². The molecule has 2 aromatic rings. The molecule has 0 heterocycles. The predicted molar refractivity (Wildman–Crippen MR) is 103 cm³/mol. The normalized spacial score (nSPS) is 11.5. The first kappa shape index (κ1) is 18.6. The van der Waals surface area contributed by atoms with E-state index in [2.05, 4.69) is 64.1 Å². The van der Waals surface area contributed by atoms with Crippen molar-refractivity contribution in [3.05, 3.63) is 65.7 Å². The van der Waals surface area contributed by atoms with Gasteiger partial charge in [-0.3, -0.25) is 0 Å². The smallest absolute Gasteiger partial charge is 0.119 e. The summed E-state index contributed by atoms with van der Waals surface area (Å²) in [5, 5.41) is 0. The third-order valence-corrected chi connectivity index (χ3v) is 4.31. The van der Waals surface area contributed by atoms with Crippen LogP contribution in [0.5, 0.6) is 5.75 Å². The molecule has 0 unspecified atom stereocenters. The number of hydrogen-bond acceptors (Lipinski definition) is 1. The molecule has 0 aliphatic carbocycles. The Kier molecular flexibility index (Phi) is 7.36.